The van der Waals surface area contributed by atoms with Crippen LogP contribution in [0.5, 0.6) is 0 Å². The van der Waals surface area contributed by atoms with E-state index in [4.69, 9.17) is 0 Å². The molecule has 2 aliphatic rings. The van der Waals surface area contributed by atoms with Gasteiger partial charge < -0.3 is 19.9 Å². The molecule has 3 heterocycles. The van der Waals surface area contributed by atoms with Crippen LogP contribution in [0.2, 0.25) is 0 Å². The fourth-order valence-corrected chi connectivity index (χ4v) is 4.86. The Morgan fingerprint density at radius 2 is 1.88 bits per heavy atom. The maximum absolute atomic E-state index is 12.4. The zero-order valence-electron chi connectivity index (χ0n) is 14.0. The molecule has 2 N–H and O–H groups in total. The number of β-lactam (4-membered cyclic amide) rings is 1. The number of nitrogens with one attached hydrogen (secondary N) is 1. The highest BCUT2D eigenvalue weighted by molar-refractivity contribution is 8.01. The number of aromatic nitrogens is 1. The molecule has 0 saturated carbocycles. The van der Waals surface area contributed by atoms with E-state index in [1.807, 2.05) is 0 Å². The summed E-state index contributed by atoms with van der Waals surface area (Å²) in [6, 6.07) is 0.472. The third-order valence-electron chi connectivity index (χ3n) is 4.62. The van der Waals surface area contributed by atoms with Crippen LogP contribution in [0.1, 0.15) is 26.8 Å². The van der Waals surface area contributed by atoms with Crippen LogP contribution in [-0.2, 0) is 14.4 Å². The number of aliphatic carboxylic acids is 1. The standard InChI is InChI=1S/C16H19N3O5S/c1-8(18-6-4-9(20)5-7-18)12(21)17-10-13(22)19-11(15(23)24)16(2,3)25-14(10)19/h4-8,10-11,14H,1-3H3,(H,17,21)(H,23,24)/t8?,10-,11+,14-/m1/s1. The summed E-state index contributed by atoms with van der Waals surface area (Å²) < 4.78 is 0.944. The van der Waals surface area contributed by atoms with E-state index in [0.29, 0.717) is 0 Å². The van der Waals surface area contributed by atoms with Gasteiger partial charge in [0.05, 0.1) is 0 Å². The number of carbonyl (C=O) groups excluding carboxylic acids is 2. The van der Waals surface area contributed by atoms with Crippen LogP contribution in [0.15, 0.2) is 29.3 Å². The normalized spacial score (nSPS) is 28.0. The molecule has 25 heavy (non-hydrogen) atoms. The average Bonchev–Trinajstić information content (AvgIpc) is 2.80. The number of nitrogens with zero attached hydrogens (tertiary/aromatic N) is 2. The Hall–Kier alpha value is -2.29. The van der Waals surface area contributed by atoms with E-state index in [9.17, 15) is 24.3 Å². The summed E-state index contributed by atoms with van der Waals surface area (Å²) in [7, 11) is 0. The fourth-order valence-electron chi connectivity index (χ4n) is 3.24. The van der Waals surface area contributed by atoms with Crippen LogP contribution >= 0.6 is 11.8 Å². The lowest BCUT2D eigenvalue weighted by Gasteiger charge is -2.43. The zero-order chi connectivity index (χ0) is 18.5. The number of pyridine rings is 1. The predicted molar refractivity (Wildman–Crippen MR) is 91.1 cm³/mol. The Morgan fingerprint density at radius 1 is 1.28 bits per heavy atom. The second-order valence-electron chi connectivity index (χ2n) is 6.74. The van der Waals surface area contributed by atoms with E-state index in [-0.39, 0.29) is 22.6 Å². The molecule has 0 aromatic carbocycles. The van der Waals surface area contributed by atoms with Gasteiger partial charge in [-0.25, -0.2) is 4.79 Å². The summed E-state index contributed by atoms with van der Waals surface area (Å²) in [6.45, 7) is 5.22. The first-order chi connectivity index (χ1) is 11.6. The lowest BCUT2D eigenvalue weighted by atomic mass is 9.96. The van der Waals surface area contributed by atoms with Crippen LogP contribution in [0.4, 0.5) is 0 Å². The summed E-state index contributed by atoms with van der Waals surface area (Å²) in [5, 5.41) is 11.7. The first-order valence-electron chi connectivity index (χ1n) is 7.84. The SMILES string of the molecule is CC(C(=O)N[C@@H]1C(=O)N2[C@@H]1SC(C)(C)[C@@H]2C(=O)O)n1ccc(=O)cc1. The van der Waals surface area contributed by atoms with Crippen molar-refractivity contribution in [2.24, 2.45) is 0 Å². The molecule has 3 rings (SSSR count). The highest BCUT2D eigenvalue weighted by atomic mass is 32.2. The molecule has 1 unspecified atom stereocenters. The molecular weight excluding hydrogens is 346 g/mol. The van der Waals surface area contributed by atoms with E-state index in [1.165, 1.54) is 41.2 Å². The van der Waals surface area contributed by atoms with Gasteiger partial charge >= 0.3 is 5.97 Å². The maximum atomic E-state index is 12.4. The highest BCUT2D eigenvalue weighted by Gasteiger charge is 2.64. The molecule has 2 fully saturated rings. The summed E-state index contributed by atoms with van der Waals surface area (Å²) in [5.74, 6) is -1.78. The molecule has 0 aliphatic carbocycles. The molecule has 1 aromatic rings. The third kappa shape index (κ3) is 2.82. The number of fused-ring (bicyclic) bond motifs is 1. The minimum absolute atomic E-state index is 0.155. The van der Waals surface area contributed by atoms with Crippen molar-refractivity contribution in [2.45, 2.75) is 49.0 Å². The molecule has 2 saturated heterocycles. The largest absolute Gasteiger partial charge is 0.480 e. The number of amides is 2. The van der Waals surface area contributed by atoms with Crippen molar-refractivity contribution in [1.29, 1.82) is 0 Å². The maximum Gasteiger partial charge on any atom is 0.327 e. The minimum atomic E-state index is -1.04. The van der Waals surface area contributed by atoms with Gasteiger partial charge in [-0.2, -0.15) is 0 Å². The van der Waals surface area contributed by atoms with Crippen molar-refractivity contribution in [2.75, 3.05) is 0 Å². The van der Waals surface area contributed by atoms with Gasteiger partial charge in [-0.05, 0) is 20.8 Å². The van der Waals surface area contributed by atoms with Crippen LogP contribution < -0.4 is 10.7 Å². The second-order valence-corrected chi connectivity index (χ2v) is 8.51. The molecule has 2 aliphatic heterocycles. The van der Waals surface area contributed by atoms with E-state index < -0.39 is 28.8 Å². The Morgan fingerprint density at radius 3 is 2.44 bits per heavy atom. The van der Waals surface area contributed by atoms with Crippen LogP contribution in [0.25, 0.3) is 0 Å². The number of carbonyl (C=O) groups is 3. The van der Waals surface area contributed by atoms with Gasteiger partial charge in [-0.1, -0.05) is 0 Å². The first kappa shape index (κ1) is 17.5. The van der Waals surface area contributed by atoms with Crippen molar-refractivity contribution in [1.82, 2.24) is 14.8 Å². The molecule has 2 amide bonds. The van der Waals surface area contributed by atoms with Crippen LogP contribution in [0, 0.1) is 0 Å². The lowest BCUT2D eigenvalue weighted by molar-refractivity contribution is -0.161. The van der Waals surface area contributed by atoms with Gasteiger partial charge in [0.15, 0.2) is 5.43 Å². The summed E-state index contributed by atoms with van der Waals surface area (Å²) in [4.78, 5) is 48.8. The number of hydrogen-bond donors (Lipinski definition) is 2. The molecule has 134 valence electrons. The number of carboxylic acid groups (broad SMARTS) is 1. The van der Waals surface area contributed by atoms with Gasteiger partial charge in [0.2, 0.25) is 11.8 Å². The van der Waals surface area contributed by atoms with E-state index in [1.54, 1.807) is 25.3 Å². The van der Waals surface area contributed by atoms with Crippen molar-refractivity contribution in [3.8, 4) is 0 Å². The summed E-state index contributed by atoms with van der Waals surface area (Å²) in [5.41, 5.74) is -0.155. The number of carboxylic acids is 1. The Labute approximate surface area is 148 Å². The molecule has 8 nitrogen and oxygen atoms in total. The van der Waals surface area contributed by atoms with Gasteiger partial charge in [0.1, 0.15) is 23.5 Å². The number of thioether (sulfide) groups is 1. The second kappa shape index (κ2) is 5.91. The minimum Gasteiger partial charge on any atom is -0.480 e. The number of rotatable bonds is 4. The Balaban J connectivity index is 1.71. The molecule has 0 bridgehead atoms. The topological polar surface area (TPSA) is 109 Å². The third-order valence-corrected chi connectivity index (χ3v) is 6.19. The predicted octanol–water partition coefficient (Wildman–Crippen LogP) is 0.0410. The molecular formula is C16H19N3O5S. The summed E-state index contributed by atoms with van der Waals surface area (Å²) in [6.07, 6.45) is 3.02. The molecule has 9 heteroatoms. The van der Waals surface area contributed by atoms with Gasteiger partial charge in [0, 0.05) is 29.3 Å². The van der Waals surface area contributed by atoms with Gasteiger partial charge in [-0.3, -0.25) is 14.4 Å². The quantitative estimate of drug-likeness (QED) is 0.730. The van der Waals surface area contributed by atoms with Crippen LogP contribution in [-0.4, -0.2) is 54.6 Å². The van der Waals surface area contributed by atoms with E-state index in [2.05, 4.69) is 5.32 Å². The van der Waals surface area contributed by atoms with Crippen LogP contribution in [0.3, 0.4) is 0 Å². The van der Waals surface area contributed by atoms with Crippen molar-refractivity contribution >= 4 is 29.5 Å². The highest BCUT2D eigenvalue weighted by Crippen LogP contribution is 2.50. The molecule has 0 radical (unpaired) electrons. The Bertz CT molecular complexity index is 785. The van der Waals surface area contributed by atoms with Gasteiger partial charge in [0.25, 0.3) is 0 Å². The Kier molecular flexibility index (Phi) is 4.14. The van der Waals surface area contributed by atoms with Crippen molar-refractivity contribution in [3.63, 3.8) is 0 Å². The van der Waals surface area contributed by atoms with Gasteiger partial charge in [-0.15, -0.1) is 11.8 Å². The zero-order valence-corrected chi connectivity index (χ0v) is 14.8. The molecule has 1 aromatic heterocycles. The first-order valence-corrected chi connectivity index (χ1v) is 8.72. The summed E-state index contributed by atoms with van der Waals surface area (Å²) >= 11 is 1.38. The molecule has 4 atom stereocenters. The fraction of sp³-hybridized carbons (Fsp3) is 0.500. The van der Waals surface area contributed by atoms with E-state index >= 15 is 0 Å². The van der Waals surface area contributed by atoms with Crippen molar-refractivity contribution in [3.05, 3.63) is 34.7 Å². The smallest absolute Gasteiger partial charge is 0.327 e. The number of hydrogen-bond acceptors (Lipinski definition) is 5. The monoisotopic (exact) mass is 365 g/mol. The lowest BCUT2D eigenvalue weighted by Crippen LogP contribution is -2.71. The average molecular weight is 365 g/mol. The van der Waals surface area contributed by atoms with E-state index in [0.717, 1.165) is 0 Å². The van der Waals surface area contributed by atoms with Crippen molar-refractivity contribution < 1.29 is 19.5 Å². The molecule has 0 spiro atoms.